The summed E-state index contributed by atoms with van der Waals surface area (Å²) in [5.74, 6) is 0.205. The van der Waals surface area contributed by atoms with Crippen LogP contribution in [0.4, 0.5) is 0 Å². The lowest BCUT2D eigenvalue weighted by molar-refractivity contribution is 0.0902. The number of hydrogen-bond donors (Lipinski definition) is 1. The quantitative estimate of drug-likeness (QED) is 0.841. The van der Waals surface area contributed by atoms with Crippen molar-refractivity contribution in [2.45, 2.75) is 12.0 Å². The fourth-order valence-electron chi connectivity index (χ4n) is 2.58. The lowest BCUT2D eigenvalue weighted by Gasteiger charge is -2.19. The number of furan rings is 1. The number of carbonyl (C=O) groups is 1. The highest BCUT2D eigenvalue weighted by Gasteiger charge is 2.62. The van der Waals surface area contributed by atoms with E-state index in [1.807, 2.05) is 0 Å². The second-order valence-electron chi connectivity index (χ2n) is 5.04. The van der Waals surface area contributed by atoms with Crippen LogP contribution in [0.15, 0.2) is 22.8 Å². The maximum absolute atomic E-state index is 11.9. The molecule has 0 radical (unpaired) electrons. The molecule has 0 spiro atoms. The summed E-state index contributed by atoms with van der Waals surface area (Å²) in [6.45, 7) is 0.861. The molecule has 98 valence electrons. The molecule has 1 unspecified atom stereocenters. The summed E-state index contributed by atoms with van der Waals surface area (Å²) in [6.07, 6.45) is 3.47. The summed E-state index contributed by atoms with van der Waals surface area (Å²) < 4.78 is 29.3. The second-order valence-corrected chi connectivity index (χ2v) is 7.03. The first kappa shape index (κ1) is 11.7. The predicted octanol–water partition coefficient (Wildman–Crippen LogP) is 0.0433. The first-order chi connectivity index (χ1) is 8.41. The Morgan fingerprint density at radius 1 is 1.61 bits per heavy atom. The number of sulfonamides is 1. The molecule has 3 rings (SSSR count). The van der Waals surface area contributed by atoms with Crippen LogP contribution in [0.5, 0.6) is 0 Å². The minimum atomic E-state index is -3.17. The van der Waals surface area contributed by atoms with Crippen LogP contribution in [-0.2, 0) is 10.0 Å². The summed E-state index contributed by atoms with van der Waals surface area (Å²) in [7, 11) is -3.17. The molecule has 0 aromatic carbocycles. The van der Waals surface area contributed by atoms with Crippen molar-refractivity contribution < 1.29 is 17.6 Å². The van der Waals surface area contributed by atoms with Gasteiger partial charge in [0.2, 0.25) is 10.0 Å². The topological polar surface area (TPSA) is 79.6 Å². The number of hydrogen-bond acceptors (Lipinski definition) is 4. The van der Waals surface area contributed by atoms with Crippen molar-refractivity contribution in [1.82, 2.24) is 9.62 Å². The lowest BCUT2D eigenvalue weighted by Crippen LogP contribution is -2.43. The lowest BCUT2D eigenvalue weighted by atomic mass is 10.2. The van der Waals surface area contributed by atoms with E-state index in [2.05, 4.69) is 5.32 Å². The van der Waals surface area contributed by atoms with Gasteiger partial charge in [0.15, 0.2) is 5.76 Å². The fourth-order valence-corrected chi connectivity index (χ4v) is 3.50. The Balaban J connectivity index is 1.71. The van der Waals surface area contributed by atoms with Gasteiger partial charge in [0.25, 0.3) is 5.91 Å². The predicted molar refractivity (Wildman–Crippen MR) is 63.4 cm³/mol. The first-order valence-electron chi connectivity index (χ1n) is 5.72. The van der Waals surface area contributed by atoms with E-state index in [-0.39, 0.29) is 23.1 Å². The second kappa shape index (κ2) is 3.58. The van der Waals surface area contributed by atoms with Gasteiger partial charge in [0, 0.05) is 13.1 Å². The van der Waals surface area contributed by atoms with Crippen LogP contribution in [0.1, 0.15) is 17.0 Å². The molecule has 0 bridgehead atoms. The normalized spacial score (nSPS) is 31.1. The molecule has 7 heteroatoms. The average Bonchev–Trinajstić information content (AvgIpc) is 2.74. The SMILES string of the molecule is CS(=O)(=O)N1CC2C[C@]2(NC(=O)c2ccco2)C1. The average molecular weight is 270 g/mol. The van der Waals surface area contributed by atoms with Gasteiger partial charge in [-0.25, -0.2) is 8.42 Å². The highest BCUT2D eigenvalue weighted by Crippen LogP contribution is 2.50. The number of piperidine rings is 1. The van der Waals surface area contributed by atoms with Crippen LogP contribution in [0.2, 0.25) is 0 Å². The van der Waals surface area contributed by atoms with Gasteiger partial charge >= 0.3 is 0 Å². The molecule has 1 aliphatic heterocycles. The molecule has 1 saturated carbocycles. The molecule has 1 aliphatic carbocycles. The number of fused-ring (bicyclic) bond motifs is 1. The summed E-state index contributed by atoms with van der Waals surface area (Å²) in [4.78, 5) is 11.9. The maximum Gasteiger partial charge on any atom is 0.287 e. The highest BCUT2D eigenvalue weighted by molar-refractivity contribution is 7.88. The molecule has 2 atom stereocenters. The van der Waals surface area contributed by atoms with Crippen LogP contribution in [-0.4, -0.2) is 43.5 Å². The molecule has 1 aromatic heterocycles. The van der Waals surface area contributed by atoms with E-state index in [1.165, 1.54) is 16.8 Å². The Kier molecular flexibility index (Phi) is 2.33. The molecular formula is C11H14N2O4S. The Labute approximate surface area is 105 Å². The molecule has 1 aromatic rings. The standard InChI is InChI=1S/C11H14N2O4S/c1-18(15,16)13-6-8-5-11(8,7-13)12-10(14)9-3-2-4-17-9/h2-4,8H,5-7H2,1H3,(H,12,14)/t8?,11-/m0/s1. The zero-order valence-corrected chi connectivity index (χ0v) is 10.7. The molecule has 2 heterocycles. The maximum atomic E-state index is 11.9. The van der Waals surface area contributed by atoms with Gasteiger partial charge in [0.1, 0.15) is 0 Å². The molecule has 6 nitrogen and oxygen atoms in total. The van der Waals surface area contributed by atoms with Crippen LogP contribution in [0.25, 0.3) is 0 Å². The fraction of sp³-hybridized carbons (Fsp3) is 0.545. The third kappa shape index (κ3) is 1.83. The van der Waals surface area contributed by atoms with E-state index in [0.717, 1.165) is 6.42 Å². The Hall–Kier alpha value is -1.34. The van der Waals surface area contributed by atoms with Crippen molar-refractivity contribution >= 4 is 15.9 Å². The highest BCUT2D eigenvalue weighted by atomic mass is 32.2. The Morgan fingerprint density at radius 2 is 2.39 bits per heavy atom. The van der Waals surface area contributed by atoms with E-state index in [0.29, 0.717) is 13.1 Å². The number of nitrogens with one attached hydrogen (secondary N) is 1. The van der Waals surface area contributed by atoms with Gasteiger partial charge in [-0.05, 0) is 24.5 Å². The van der Waals surface area contributed by atoms with E-state index in [1.54, 1.807) is 12.1 Å². The van der Waals surface area contributed by atoms with E-state index in [9.17, 15) is 13.2 Å². The van der Waals surface area contributed by atoms with Crippen molar-refractivity contribution in [2.24, 2.45) is 5.92 Å². The van der Waals surface area contributed by atoms with Crippen LogP contribution in [0.3, 0.4) is 0 Å². The largest absolute Gasteiger partial charge is 0.459 e. The van der Waals surface area contributed by atoms with E-state index in [4.69, 9.17) is 4.42 Å². The Bertz CT molecular complexity index is 580. The van der Waals surface area contributed by atoms with Crippen LogP contribution >= 0.6 is 0 Å². The van der Waals surface area contributed by atoms with Crippen molar-refractivity contribution in [2.75, 3.05) is 19.3 Å². The van der Waals surface area contributed by atoms with Gasteiger partial charge < -0.3 is 9.73 Å². The minimum absolute atomic E-state index is 0.228. The number of amides is 1. The van der Waals surface area contributed by atoms with Gasteiger partial charge in [-0.15, -0.1) is 0 Å². The van der Waals surface area contributed by atoms with Gasteiger partial charge in [-0.1, -0.05) is 0 Å². The zero-order chi connectivity index (χ0) is 13.0. The van der Waals surface area contributed by atoms with Crippen molar-refractivity contribution in [3.63, 3.8) is 0 Å². The van der Waals surface area contributed by atoms with E-state index < -0.39 is 10.0 Å². The molecule has 1 N–H and O–H groups in total. The molecule has 18 heavy (non-hydrogen) atoms. The summed E-state index contributed by atoms with van der Waals surface area (Å²) in [6, 6.07) is 3.24. The summed E-state index contributed by atoms with van der Waals surface area (Å²) in [5.41, 5.74) is -0.382. The summed E-state index contributed by atoms with van der Waals surface area (Å²) in [5, 5.41) is 2.90. The third-order valence-electron chi connectivity index (χ3n) is 3.69. The third-order valence-corrected chi connectivity index (χ3v) is 4.91. The van der Waals surface area contributed by atoms with Crippen LogP contribution < -0.4 is 5.32 Å². The first-order valence-corrected chi connectivity index (χ1v) is 7.57. The number of nitrogens with zero attached hydrogens (tertiary/aromatic N) is 1. The monoisotopic (exact) mass is 270 g/mol. The molecule has 1 saturated heterocycles. The molecular weight excluding hydrogens is 256 g/mol. The van der Waals surface area contributed by atoms with Crippen molar-refractivity contribution in [3.8, 4) is 0 Å². The summed E-state index contributed by atoms with van der Waals surface area (Å²) >= 11 is 0. The van der Waals surface area contributed by atoms with Crippen molar-refractivity contribution in [3.05, 3.63) is 24.2 Å². The Morgan fingerprint density at radius 3 is 2.94 bits per heavy atom. The van der Waals surface area contributed by atoms with Gasteiger partial charge in [-0.2, -0.15) is 4.31 Å². The number of carbonyl (C=O) groups excluding carboxylic acids is 1. The smallest absolute Gasteiger partial charge is 0.287 e. The zero-order valence-electron chi connectivity index (χ0n) is 9.92. The van der Waals surface area contributed by atoms with Crippen molar-refractivity contribution in [1.29, 1.82) is 0 Å². The van der Waals surface area contributed by atoms with E-state index >= 15 is 0 Å². The number of rotatable bonds is 3. The molecule has 2 aliphatic rings. The molecule has 1 amide bonds. The minimum Gasteiger partial charge on any atom is -0.459 e. The molecule has 2 fully saturated rings. The van der Waals surface area contributed by atoms with Crippen LogP contribution in [0, 0.1) is 5.92 Å². The van der Waals surface area contributed by atoms with Gasteiger partial charge in [-0.3, -0.25) is 4.79 Å². The van der Waals surface area contributed by atoms with Gasteiger partial charge in [0.05, 0.1) is 18.1 Å².